The SMILES string of the molecule is Cc1ccc(C)c(S(=O)CC(N)C(N)=O)c1. The molecule has 0 radical (unpaired) electrons. The van der Waals surface area contributed by atoms with Crippen LogP contribution in [0, 0.1) is 13.8 Å². The molecule has 4 N–H and O–H groups in total. The minimum atomic E-state index is -1.28. The van der Waals surface area contributed by atoms with Crippen molar-refractivity contribution in [2.75, 3.05) is 5.75 Å². The maximum absolute atomic E-state index is 12.0. The lowest BCUT2D eigenvalue weighted by Gasteiger charge is -2.10. The molecule has 0 spiro atoms. The van der Waals surface area contributed by atoms with Gasteiger partial charge in [-0.05, 0) is 31.0 Å². The standard InChI is InChI=1S/C11H16N2O2S/c1-7-3-4-8(2)10(5-7)16(15)6-9(12)11(13)14/h3-5,9H,6,12H2,1-2H3,(H2,13,14). The van der Waals surface area contributed by atoms with Crippen LogP contribution in [0.25, 0.3) is 0 Å². The van der Waals surface area contributed by atoms with Crippen LogP contribution in [0.1, 0.15) is 11.1 Å². The first kappa shape index (κ1) is 12.9. The number of nitrogens with two attached hydrogens (primary N) is 2. The number of hydrogen-bond donors (Lipinski definition) is 2. The minimum absolute atomic E-state index is 0.0691. The van der Waals surface area contributed by atoms with Crippen LogP contribution >= 0.6 is 0 Å². The summed E-state index contributed by atoms with van der Waals surface area (Å²) in [6.45, 7) is 3.80. The van der Waals surface area contributed by atoms with Crippen LogP contribution in [0.15, 0.2) is 23.1 Å². The number of rotatable bonds is 4. The zero-order valence-electron chi connectivity index (χ0n) is 9.40. The van der Waals surface area contributed by atoms with Crippen LogP contribution in [0.5, 0.6) is 0 Å². The van der Waals surface area contributed by atoms with Crippen LogP contribution < -0.4 is 11.5 Å². The second-order valence-electron chi connectivity index (χ2n) is 3.79. The van der Waals surface area contributed by atoms with E-state index in [1.165, 1.54) is 0 Å². The summed E-state index contributed by atoms with van der Waals surface area (Å²) in [6.07, 6.45) is 0. The highest BCUT2D eigenvalue weighted by atomic mass is 32.2. The molecule has 16 heavy (non-hydrogen) atoms. The van der Waals surface area contributed by atoms with Crippen LogP contribution in [0.3, 0.4) is 0 Å². The van der Waals surface area contributed by atoms with E-state index >= 15 is 0 Å². The van der Waals surface area contributed by atoms with Crippen molar-refractivity contribution in [3.8, 4) is 0 Å². The van der Waals surface area contributed by atoms with Gasteiger partial charge in [0.2, 0.25) is 5.91 Å². The van der Waals surface area contributed by atoms with Gasteiger partial charge in [-0.1, -0.05) is 12.1 Å². The van der Waals surface area contributed by atoms with Gasteiger partial charge in [0.15, 0.2) is 0 Å². The second kappa shape index (κ2) is 5.23. The van der Waals surface area contributed by atoms with Gasteiger partial charge in [0.05, 0.1) is 22.6 Å². The molecule has 0 heterocycles. The number of aryl methyl sites for hydroxylation is 2. The summed E-state index contributed by atoms with van der Waals surface area (Å²) >= 11 is 0. The van der Waals surface area contributed by atoms with Gasteiger partial charge in [0.25, 0.3) is 0 Å². The Morgan fingerprint density at radius 2 is 2.06 bits per heavy atom. The topological polar surface area (TPSA) is 86.2 Å². The molecule has 2 unspecified atom stereocenters. The molecule has 1 amide bonds. The van der Waals surface area contributed by atoms with E-state index < -0.39 is 22.7 Å². The minimum Gasteiger partial charge on any atom is -0.368 e. The zero-order chi connectivity index (χ0) is 12.3. The Kier molecular flexibility index (Phi) is 4.20. The lowest BCUT2D eigenvalue weighted by atomic mass is 10.2. The highest BCUT2D eigenvalue weighted by molar-refractivity contribution is 7.85. The highest BCUT2D eigenvalue weighted by Gasteiger charge is 2.16. The Bertz CT molecular complexity index is 432. The molecule has 1 rings (SSSR count). The summed E-state index contributed by atoms with van der Waals surface area (Å²) in [4.78, 5) is 11.5. The predicted molar refractivity (Wildman–Crippen MR) is 64.4 cm³/mol. The van der Waals surface area contributed by atoms with Crippen LogP contribution in [0.4, 0.5) is 0 Å². The fraction of sp³-hybridized carbons (Fsp3) is 0.364. The monoisotopic (exact) mass is 240 g/mol. The molecule has 0 saturated heterocycles. The summed E-state index contributed by atoms with van der Waals surface area (Å²) in [6, 6.07) is 4.84. The first-order valence-electron chi connectivity index (χ1n) is 4.92. The molecule has 1 aromatic rings. The summed E-state index contributed by atoms with van der Waals surface area (Å²) in [5.74, 6) is -0.557. The summed E-state index contributed by atoms with van der Waals surface area (Å²) in [7, 11) is -1.28. The van der Waals surface area contributed by atoms with Crippen LogP contribution in [-0.4, -0.2) is 21.9 Å². The third kappa shape index (κ3) is 3.15. The molecular formula is C11H16N2O2S. The maximum atomic E-state index is 12.0. The second-order valence-corrected chi connectivity index (χ2v) is 5.25. The summed E-state index contributed by atoms with van der Waals surface area (Å²) in [5, 5.41) is 0. The van der Waals surface area contributed by atoms with Gasteiger partial charge in [-0.2, -0.15) is 0 Å². The lowest BCUT2D eigenvalue weighted by molar-refractivity contribution is -0.118. The largest absolute Gasteiger partial charge is 0.368 e. The van der Waals surface area contributed by atoms with E-state index in [0.717, 1.165) is 16.0 Å². The Morgan fingerprint density at radius 1 is 1.44 bits per heavy atom. The third-order valence-corrected chi connectivity index (χ3v) is 3.88. The molecule has 88 valence electrons. The quantitative estimate of drug-likeness (QED) is 0.789. The first-order chi connectivity index (χ1) is 7.41. The van der Waals surface area contributed by atoms with Crippen LogP contribution in [0.2, 0.25) is 0 Å². The molecular weight excluding hydrogens is 224 g/mol. The zero-order valence-corrected chi connectivity index (χ0v) is 10.2. The van der Waals surface area contributed by atoms with Gasteiger partial charge in [-0.15, -0.1) is 0 Å². The molecule has 5 heteroatoms. The van der Waals surface area contributed by atoms with Gasteiger partial charge in [0, 0.05) is 4.90 Å². The highest BCUT2D eigenvalue weighted by Crippen LogP contribution is 2.15. The number of benzene rings is 1. The van der Waals surface area contributed by atoms with E-state index in [4.69, 9.17) is 11.5 Å². The van der Waals surface area contributed by atoms with Crippen molar-refractivity contribution in [3.63, 3.8) is 0 Å². The smallest absolute Gasteiger partial charge is 0.235 e. The average Bonchev–Trinajstić information content (AvgIpc) is 2.21. The average molecular weight is 240 g/mol. The Hall–Kier alpha value is -1.20. The molecule has 2 atom stereocenters. The lowest BCUT2D eigenvalue weighted by Crippen LogP contribution is -2.40. The molecule has 0 aliphatic rings. The molecule has 0 aliphatic heterocycles. The maximum Gasteiger partial charge on any atom is 0.235 e. The van der Waals surface area contributed by atoms with Gasteiger partial charge >= 0.3 is 0 Å². The van der Waals surface area contributed by atoms with Gasteiger partial charge < -0.3 is 11.5 Å². The fourth-order valence-corrected chi connectivity index (χ4v) is 2.70. The number of primary amides is 1. The van der Waals surface area contributed by atoms with Crippen molar-refractivity contribution in [2.45, 2.75) is 24.8 Å². The summed E-state index contributed by atoms with van der Waals surface area (Å²) < 4.78 is 12.0. The van der Waals surface area contributed by atoms with E-state index in [0.29, 0.717) is 0 Å². The number of carbonyl (C=O) groups is 1. The van der Waals surface area contributed by atoms with Crippen molar-refractivity contribution >= 4 is 16.7 Å². The van der Waals surface area contributed by atoms with E-state index in [1.807, 2.05) is 32.0 Å². The van der Waals surface area contributed by atoms with Crippen molar-refractivity contribution < 1.29 is 9.00 Å². The first-order valence-corrected chi connectivity index (χ1v) is 6.24. The number of amides is 1. The molecule has 1 aromatic carbocycles. The Labute approximate surface area is 97.5 Å². The Balaban J connectivity index is 2.88. The molecule has 0 bridgehead atoms. The normalized spacial score (nSPS) is 14.4. The van der Waals surface area contributed by atoms with Crippen LogP contribution in [-0.2, 0) is 15.6 Å². The molecule has 0 fully saturated rings. The molecule has 0 aliphatic carbocycles. The number of carbonyl (C=O) groups excluding carboxylic acids is 1. The molecule has 0 aromatic heterocycles. The Morgan fingerprint density at radius 3 is 2.62 bits per heavy atom. The van der Waals surface area contributed by atoms with Gasteiger partial charge in [-0.3, -0.25) is 9.00 Å². The van der Waals surface area contributed by atoms with Crippen molar-refractivity contribution in [1.82, 2.24) is 0 Å². The van der Waals surface area contributed by atoms with E-state index in [1.54, 1.807) is 0 Å². The summed E-state index contributed by atoms with van der Waals surface area (Å²) in [5.41, 5.74) is 12.5. The van der Waals surface area contributed by atoms with E-state index in [2.05, 4.69) is 0 Å². The molecule has 0 saturated carbocycles. The van der Waals surface area contributed by atoms with E-state index in [-0.39, 0.29) is 5.75 Å². The third-order valence-electron chi connectivity index (χ3n) is 2.29. The van der Waals surface area contributed by atoms with Gasteiger partial charge in [0.1, 0.15) is 0 Å². The number of hydrogen-bond acceptors (Lipinski definition) is 3. The van der Waals surface area contributed by atoms with Crippen molar-refractivity contribution in [3.05, 3.63) is 29.3 Å². The van der Waals surface area contributed by atoms with Gasteiger partial charge in [-0.25, -0.2) is 0 Å². The van der Waals surface area contributed by atoms with Crippen molar-refractivity contribution in [2.24, 2.45) is 11.5 Å². The molecule has 4 nitrogen and oxygen atoms in total. The fourth-order valence-electron chi connectivity index (χ4n) is 1.29. The van der Waals surface area contributed by atoms with E-state index in [9.17, 15) is 9.00 Å². The predicted octanol–water partition coefficient (Wildman–Crippen LogP) is 0.224. The van der Waals surface area contributed by atoms with Crippen molar-refractivity contribution in [1.29, 1.82) is 0 Å².